The maximum absolute atomic E-state index is 2.43. The number of hydrogen-bond acceptors (Lipinski definition) is 1. The standard InChI is InChI=1S/C55H38N2/c1-3-18-39(19-4-1)40-20-15-24-43(36-40)56(45-26-17-27-46(38-45)57-53-34-13-9-30-49(53)50-31-10-14-35-54(50)57)44-25-16-23-42(37-44)55(41-21-5-2-6-22-41)51-32-11-7-28-47(51)48-29-8-12-33-52(48)55/h1-38H. The summed E-state index contributed by atoms with van der Waals surface area (Å²) in [6.07, 6.45) is 0. The van der Waals surface area contributed by atoms with Gasteiger partial charge in [0.1, 0.15) is 0 Å². The number of para-hydroxylation sites is 2. The predicted molar refractivity (Wildman–Crippen MR) is 238 cm³/mol. The minimum Gasteiger partial charge on any atom is -0.310 e. The van der Waals surface area contributed by atoms with Crippen LogP contribution in [-0.4, -0.2) is 4.57 Å². The van der Waals surface area contributed by atoms with Crippen LogP contribution in [0.3, 0.4) is 0 Å². The Balaban J connectivity index is 1.16. The molecular formula is C55H38N2. The van der Waals surface area contributed by atoms with Gasteiger partial charge in [0.25, 0.3) is 0 Å². The molecule has 0 radical (unpaired) electrons. The average molecular weight is 727 g/mol. The van der Waals surface area contributed by atoms with E-state index in [9.17, 15) is 0 Å². The van der Waals surface area contributed by atoms with E-state index in [1.807, 2.05) is 0 Å². The van der Waals surface area contributed by atoms with Crippen LogP contribution in [0.15, 0.2) is 231 Å². The van der Waals surface area contributed by atoms with Gasteiger partial charge in [-0.2, -0.15) is 0 Å². The second-order valence-corrected chi connectivity index (χ2v) is 14.9. The second-order valence-electron chi connectivity index (χ2n) is 14.9. The molecule has 2 heteroatoms. The first-order chi connectivity index (χ1) is 28.3. The lowest BCUT2D eigenvalue weighted by Gasteiger charge is -2.35. The van der Waals surface area contributed by atoms with Gasteiger partial charge in [-0.25, -0.2) is 0 Å². The molecule has 2 nitrogen and oxygen atoms in total. The van der Waals surface area contributed by atoms with E-state index in [1.165, 1.54) is 66.3 Å². The van der Waals surface area contributed by atoms with Gasteiger partial charge in [0.15, 0.2) is 0 Å². The Morgan fingerprint density at radius 1 is 0.333 bits per heavy atom. The first-order valence-corrected chi connectivity index (χ1v) is 19.7. The first kappa shape index (κ1) is 33.0. The van der Waals surface area contributed by atoms with Crippen molar-refractivity contribution in [1.82, 2.24) is 4.57 Å². The third-order valence-corrected chi connectivity index (χ3v) is 11.8. The van der Waals surface area contributed by atoms with Crippen molar-refractivity contribution < 1.29 is 0 Å². The molecule has 268 valence electrons. The van der Waals surface area contributed by atoms with E-state index in [4.69, 9.17) is 0 Å². The maximum atomic E-state index is 2.43. The summed E-state index contributed by atoms with van der Waals surface area (Å²) in [5, 5.41) is 2.50. The summed E-state index contributed by atoms with van der Waals surface area (Å²) >= 11 is 0. The zero-order chi connectivity index (χ0) is 37.8. The van der Waals surface area contributed by atoms with Gasteiger partial charge in [0, 0.05) is 33.5 Å². The lowest BCUT2D eigenvalue weighted by atomic mass is 9.67. The Morgan fingerprint density at radius 2 is 0.807 bits per heavy atom. The molecule has 1 aromatic heterocycles. The molecule has 0 spiro atoms. The van der Waals surface area contributed by atoms with Crippen LogP contribution < -0.4 is 4.90 Å². The number of nitrogens with zero attached hydrogens (tertiary/aromatic N) is 2. The molecule has 1 aliphatic carbocycles. The van der Waals surface area contributed by atoms with Crippen molar-refractivity contribution >= 4 is 38.9 Å². The van der Waals surface area contributed by atoms with E-state index in [0.29, 0.717) is 0 Å². The van der Waals surface area contributed by atoms with E-state index >= 15 is 0 Å². The molecular weight excluding hydrogens is 689 g/mol. The van der Waals surface area contributed by atoms with Crippen LogP contribution >= 0.6 is 0 Å². The van der Waals surface area contributed by atoms with Crippen LogP contribution in [0, 0.1) is 0 Å². The Hall–Kier alpha value is -7.42. The van der Waals surface area contributed by atoms with Gasteiger partial charge in [0.05, 0.1) is 16.4 Å². The first-order valence-electron chi connectivity index (χ1n) is 19.7. The van der Waals surface area contributed by atoms with E-state index in [-0.39, 0.29) is 0 Å². The second kappa shape index (κ2) is 13.4. The molecule has 0 bridgehead atoms. The molecule has 0 fully saturated rings. The van der Waals surface area contributed by atoms with Crippen molar-refractivity contribution in [3.63, 3.8) is 0 Å². The van der Waals surface area contributed by atoms with Crippen LogP contribution in [-0.2, 0) is 5.41 Å². The summed E-state index contributed by atoms with van der Waals surface area (Å²) in [6, 6.07) is 84.3. The third kappa shape index (κ3) is 5.18. The molecule has 0 N–H and O–H groups in total. The number of hydrogen-bond donors (Lipinski definition) is 0. The Kier molecular flexibility index (Phi) is 7.75. The fourth-order valence-electron chi connectivity index (χ4n) is 9.46. The summed E-state index contributed by atoms with van der Waals surface area (Å²) in [5.74, 6) is 0. The smallest absolute Gasteiger partial charge is 0.0714 e. The molecule has 0 saturated carbocycles. The highest BCUT2D eigenvalue weighted by molar-refractivity contribution is 6.09. The number of rotatable bonds is 7. The fourth-order valence-corrected chi connectivity index (χ4v) is 9.46. The van der Waals surface area contributed by atoms with Gasteiger partial charge in [0.2, 0.25) is 0 Å². The van der Waals surface area contributed by atoms with Crippen LogP contribution in [0.25, 0.3) is 49.7 Å². The molecule has 57 heavy (non-hydrogen) atoms. The SMILES string of the molecule is c1ccc(-c2cccc(N(c3cccc(-n4c5ccccc5c5ccccc54)c3)c3cccc(C4(c5ccccc5)c5ccccc5-c5ccccc54)c3)c2)cc1. The zero-order valence-corrected chi connectivity index (χ0v) is 31.3. The average Bonchev–Trinajstić information content (AvgIpc) is 3.79. The Bertz CT molecular complexity index is 2990. The summed E-state index contributed by atoms with van der Waals surface area (Å²) < 4.78 is 2.40. The van der Waals surface area contributed by atoms with Gasteiger partial charge in [-0.1, -0.05) is 176 Å². The van der Waals surface area contributed by atoms with Gasteiger partial charge < -0.3 is 9.47 Å². The highest BCUT2D eigenvalue weighted by Gasteiger charge is 2.46. The highest BCUT2D eigenvalue weighted by Crippen LogP contribution is 2.56. The van der Waals surface area contributed by atoms with E-state index in [2.05, 4.69) is 240 Å². The summed E-state index contributed by atoms with van der Waals surface area (Å²) in [5.41, 5.74) is 16.3. The molecule has 0 unspecified atom stereocenters. The predicted octanol–water partition coefficient (Wildman–Crippen LogP) is 14.3. The van der Waals surface area contributed by atoms with Gasteiger partial charge in [-0.3, -0.25) is 0 Å². The van der Waals surface area contributed by atoms with Gasteiger partial charge in [-0.15, -0.1) is 0 Å². The van der Waals surface area contributed by atoms with Crippen LogP contribution in [0.2, 0.25) is 0 Å². The molecule has 0 atom stereocenters. The summed E-state index contributed by atoms with van der Waals surface area (Å²) in [6.45, 7) is 0. The van der Waals surface area contributed by atoms with Gasteiger partial charge >= 0.3 is 0 Å². The van der Waals surface area contributed by atoms with Crippen molar-refractivity contribution in [3.05, 3.63) is 253 Å². The number of anilines is 3. The minimum absolute atomic E-state index is 0.507. The molecule has 0 amide bonds. The topological polar surface area (TPSA) is 8.17 Å². The van der Waals surface area contributed by atoms with Crippen molar-refractivity contribution in [2.45, 2.75) is 5.41 Å². The van der Waals surface area contributed by atoms with Crippen LogP contribution in [0.1, 0.15) is 22.3 Å². The van der Waals surface area contributed by atoms with E-state index in [0.717, 1.165) is 22.7 Å². The maximum Gasteiger partial charge on any atom is 0.0714 e. The molecule has 0 saturated heterocycles. The lowest BCUT2D eigenvalue weighted by Crippen LogP contribution is -2.28. The zero-order valence-electron chi connectivity index (χ0n) is 31.3. The molecule has 11 rings (SSSR count). The lowest BCUT2D eigenvalue weighted by molar-refractivity contribution is 0.768. The van der Waals surface area contributed by atoms with Crippen molar-refractivity contribution in [3.8, 4) is 27.9 Å². The fraction of sp³-hybridized carbons (Fsp3) is 0.0182. The van der Waals surface area contributed by atoms with Crippen LogP contribution in [0.4, 0.5) is 17.1 Å². The van der Waals surface area contributed by atoms with E-state index < -0.39 is 5.41 Å². The quantitative estimate of drug-likeness (QED) is 0.159. The molecule has 1 heterocycles. The van der Waals surface area contributed by atoms with Crippen molar-refractivity contribution in [2.24, 2.45) is 0 Å². The van der Waals surface area contributed by atoms with Crippen molar-refractivity contribution in [1.29, 1.82) is 0 Å². The van der Waals surface area contributed by atoms with Crippen LogP contribution in [0.5, 0.6) is 0 Å². The van der Waals surface area contributed by atoms with E-state index in [1.54, 1.807) is 0 Å². The number of aromatic nitrogens is 1. The van der Waals surface area contributed by atoms with Crippen molar-refractivity contribution in [2.75, 3.05) is 4.90 Å². The monoisotopic (exact) mass is 726 g/mol. The normalized spacial score (nSPS) is 12.7. The molecule has 0 aliphatic heterocycles. The Labute approximate surface area is 333 Å². The highest BCUT2D eigenvalue weighted by atomic mass is 15.1. The largest absolute Gasteiger partial charge is 0.310 e. The number of benzene rings is 9. The molecule has 10 aromatic rings. The van der Waals surface area contributed by atoms with Gasteiger partial charge in [-0.05, 0) is 99.1 Å². The summed E-state index contributed by atoms with van der Waals surface area (Å²) in [7, 11) is 0. The number of fused-ring (bicyclic) bond motifs is 6. The summed E-state index contributed by atoms with van der Waals surface area (Å²) in [4.78, 5) is 2.43. The minimum atomic E-state index is -0.507. The molecule has 9 aromatic carbocycles. The Morgan fingerprint density at radius 3 is 1.47 bits per heavy atom. The molecule has 1 aliphatic rings. The third-order valence-electron chi connectivity index (χ3n) is 11.8.